The Labute approximate surface area is 157 Å². The molecule has 27 heavy (non-hydrogen) atoms. The lowest BCUT2D eigenvalue weighted by atomic mass is 10.2. The van der Waals surface area contributed by atoms with Gasteiger partial charge in [0, 0.05) is 17.6 Å². The number of fused-ring (bicyclic) bond motifs is 3. The lowest BCUT2D eigenvalue weighted by Gasteiger charge is -2.21. The molecule has 1 aromatic carbocycles. The summed E-state index contributed by atoms with van der Waals surface area (Å²) in [6.45, 7) is 3.43. The average Bonchev–Trinajstić information content (AvgIpc) is 3.03. The maximum atomic E-state index is 14.2. The number of imidazole rings is 1. The van der Waals surface area contributed by atoms with Gasteiger partial charge >= 0.3 is 5.69 Å². The summed E-state index contributed by atoms with van der Waals surface area (Å²) in [5.41, 5.74) is 2.95. The fourth-order valence-corrected chi connectivity index (χ4v) is 3.42. The minimum atomic E-state index is -0.604. The zero-order chi connectivity index (χ0) is 19.5. The van der Waals surface area contributed by atoms with Crippen molar-refractivity contribution in [3.63, 3.8) is 0 Å². The Kier molecular flexibility index (Phi) is 3.92. The molecule has 0 saturated carbocycles. The molecular formula is C17H16ClFN6O2. The molecule has 1 aliphatic heterocycles. The molecule has 1 N–H and O–H groups in total. The molecule has 3 aromatic rings. The highest BCUT2D eigenvalue weighted by Gasteiger charge is 2.27. The molecule has 1 aliphatic rings. The summed E-state index contributed by atoms with van der Waals surface area (Å²) in [5, 5.41) is 4.31. The van der Waals surface area contributed by atoms with E-state index in [1.807, 2.05) is 13.8 Å². The standard InChI is InChI=1S/C17H16ClFN6O2/c1-8-9(2)25-13-14(20-16(25)22-21-8)23(3)17(27)24(15(13)26)7-10-11(18)5-4-6-12(10)19/h4-6,9H,7H2,1-3H3,(H,20,22). The molecule has 0 saturated heterocycles. The summed E-state index contributed by atoms with van der Waals surface area (Å²) in [6.07, 6.45) is 0. The number of hydrazone groups is 1. The second-order valence-corrected chi connectivity index (χ2v) is 6.86. The molecule has 0 amide bonds. The number of hydrogen-bond acceptors (Lipinski definition) is 5. The molecule has 2 aromatic heterocycles. The van der Waals surface area contributed by atoms with Gasteiger partial charge in [-0.1, -0.05) is 17.7 Å². The highest BCUT2D eigenvalue weighted by molar-refractivity contribution is 6.31. The van der Waals surface area contributed by atoms with Crippen LogP contribution in [0, 0.1) is 5.82 Å². The lowest BCUT2D eigenvalue weighted by Crippen LogP contribution is -2.40. The number of benzene rings is 1. The van der Waals surface area contributed by atoms with E-state index in [1.54, 1.807) is 4.57 Å². The largest absolute Gasteiger partial charge is 0.332 e. The van der Waals surface area contributed by atoms with E-state index >= 15 is 0 Å². The third-order valence-electron chi connectivity index (χ3n) is 4.88. The first-order valence-electron chi connectivity index (χ1n) is 8.26. The molecule has 1 unspecified atom stereocenters. The summed E-state index contributed by atoms with van der Waals surface area (Å²) < 4.78 is 18.1. The number of nitrogens with zero attached hydrogens (tertiary/aromatic N) is 5. The van der Waals surface area contributed by atoms with Crippen LogP contribution < -0.4 is 16.7 Å². The lowest BCUT2D eigenvalue weighted by molar-refractivity contribution is 0.581. The number of hydrogen-bond donors (Lipinski definition) is 1. The number of rotatable bonds is 2. The first-order chi connectivity index (χ1) is 12.8. The van der Waals surface area contributed by atoms with Gasteiger partial charge in [-0.15, -0.1) is 0 Å². The van der Waals surface area contributed by atoms with Gasteiger partial charge in [-0.3, -0.25) is 18.5 Å². The normalized spacial score (nSPS) is 16.2. The maximum Gasteiger partial charge on any atom is 0.332 e. The Bertz CT molecular complexity index is 1220. The minimum Gasteiger partial charge on any atom is -0.294 e. The van der Waals surface area contributed by atoms with Crippen LogP contribution in [-0.4, -0.2) is 24.4 Å². The SMILES string of the molecule is CC1=NNc2nc3c(c(=O)n(Cc4c(F)cccc4Cl)c(=O)n3C)n2C1C. The smallest absolute Gasteiger partial charge is 0.294 e. The van der Waals surface area contributed by atoms with Gasteiger partial charge in [0.1, 0.15) is 5.82 Å². The van der Waals surface area contributed by atoms with Crippen molar-refractivity contribution < 1.29 is 4.39 Å². The maximum absolute atomic E-state index is 14.2. The molecular weight excluding hydrogens is 375 g/mol. The van der Waals surface area contributed by atoms with Gasteiger partial charge in [-0.25, -0.2) is 14.6 Å². The Morgan fingerprint density at radius 3 is 2.78 bits per heavy atom. The van der Waals surface area contributed by atoms with Crippen LogP contribution >= 0.6 is 11.6 Å². The van der Waals surface area contributed by atoms with Gasteiger partial charge in [0.15, 0.2) is 11.2 Å². The van der Waals surface area contributed by atoms with Crippen molar-refractivity contribution in [3.8, 4) is 0 Å². The zero-order valence-electron chi connectivity index (χ0n) is 14.8. The number of nitrogens with one attached hydrogen (secondary N) is 1. The Morgan fingerprint density at radius 2 is 2.07 bits per heavy atom. The Hall–Kier alpha value is -2.94. The van der Waals surface area contributed by atoms with Crippen LogP contribution in [0.1, 0.15) is 25.5 Å². The summed E-state index contributed by atoms with van der Waals surface area (Å²) >= 11 is 6.07. The van der Waals surface area contributed by atoms with Gasteiger partial charge < -0.3 is 0 Å². The van der Waals surface area contributed by atoms with Crippen molar-refractivity contribution in [3.05, 3.63) is 55.4 Å². The van der Waals surface area contributed by atoms with Crippen LogP contribution in [0.5, 0.6) is 0 Å². The second kappa shape index (κ2) is 6.05. The average molecular weight is 391 g/mol. The topological polar surface area (TPSA) is 86.2 Å². The van der Waals surface area contributed by atoms with Crippen LogP contribution in [-0.2, 0) is 13.6 Å². The molecule has 1 atom stereocenters. The fourth-order valence-electron chi connectivity index (χ4n) is 3.19. The van der Waals surface area contributed by atoms with Crippen LogP contribution in [0.25, 0.3) is 11.2 Å². The molecule has 0 spiro atoms. The van der Waals surface area contributed by atoms with Gasteiger partial charge in [-0.05, 0) is 26.0 Å². The molecule has 0 fully saturated rings. The van der Waals surface area contributed by atoms with Crippen molar-refractivity contribution in [1.29, 1.82) is 0 Å². The summed E-state index contributed by atoms with van der Waals surface area (Å²) in [6, 6.07) is 4.00. The number of halogens is 2. The van der Waals surface area contributed by atoms with E-state index in [9.17, 15) is 14.0 Å². The first-order valence-corrected chi connectivity index (χ1v) is 8.64. The highest BCUT2D eigenvalue weighted by atomic mass is 35.5. The van der Waals surface area contributed by atoms with E-state index in [0.29, 0.717) is 5.95 Å². The number of aryl methyl sites for hydroxylation is 1. The van der Waals surface area contributed by atoms with Crippen molar-refractivity contribution in [2.24, 2.45) is 12.1 Å². The summed E-state index contributed by atoms with van der Waals surface area (Å²) in [4.78, 5) is 30.3. The van der Waals surface area contributed by atoms with E-state index < -0.39 is 17.1 Å². The van der Waals surface area contributed by atoms with E-state index in [0.717, 1.165) is 10.3 Å². The van der Waals surface area contributed by atoms with E-state index in [2.05, 4.69) is 15.5 Å². The first kappa shape index (κ1) is 17.5. The van der Waals surface area contributed by atoms with Crippen LogP contribution in [0.4, 0.5) is 10.3 Å². The third kappa shape index (κ3) is 2.49. The third-order valence-corrected chi connectivity index (χ3v) is 5.23. The highest BCUT2D eigenvalue weighted by Crippen LogP contribution is 2.26. The van der Waals surface area contributed by atoms with Gasteiger partial charge in [0.25, 0.3) is 5.56 Å². The van der Waals surface area contributed by atoms with E-state index in [-0.39, 0.29) is 34.3 Å². The molecule has 0 aliphatic carbocycles. The summed E-state index contributed by atoms with van der Waals surface area (Å²) in [5.74, 6) is -0.207. The second-order valence-electron chi connectivity index (χ2n) is 6.45. The summed E-state index contributed by atoms with van der Waals surface area (Å²) in [7, 11) is 1.51. The molecule has 8 nitrogen and oxygen atoms in total. The van der Waals surface area contributed by atoms with Gasteiger partial charge in [0.05, 0.1) is 18.3 Å². The van der Waals surface area contributed by atoms with Crippen molar-refractivity contribution >= 4 is 34.4 Å². The van der Waals surface area contributed by atoms with Crippen molar-refractivity contribution in [2.45, 2.75) is 26.4 Å². The monoisotopic (exact) mass is 390 g/mol. The molecule has 3 heterocycles. The molecule has 140 valence electrons. The van der Waals surface area contributed by atoms with Crippen LogP contribution in [0.15, 0.2) is 32.9 Å². The van der Waals surface area contributed by atoms with E-state index in [1.165, 1.54) is 29.8 Å². The molecule has 0 radical (unpaired) electrons. The van der Waals surface area contributed by atoms with Gasteiger partial charge in [-0.2, -0.15) is 10.1 Å². The molecule has 4 rings (SSSR count). The van der Waals surface area contributed by atoms with Crippen LogP contribution in [0.3, 0.4) is 0 Å². The molecule has 0 bridgehead atoms. The minimum absolute atomic E-state index is 0.0833. The van der Waals surface area contributed by atoms with Crippen molar-refractivity contribution in [2.75, 3.05) is 5.43 Å². The van der Waals surface area contributed by atoms with Crippen LogP contribution in [0.2, 0.25) is 5.02 Å². The molecule has 10 heteroatoms. The fraction of sp³-hybridized carbons (Fsp3) is 0.294. The van der Waals surface area contributed by atoms with Gasteiger partial charge in [0.2, 0.25) is 5.95 Å². The quantitative estimate of drug-likeness (QED) is 0.726. The Morgan fingerprint density at radius 1 is 1.33 bits per heavy atom. The van der Waals surface area contributed by atoms with E-state index in [4.69, 9.17) is 11.6 Å². The van der Waals surface area contributed by atoms with Crippen molar-refractivity contribution in [1.82, 2.24) is 18.7 Å². The predicted octanol–water partition coefficient (Wildman–Crippen LogP) is 2.10. The Balaban J connectivity index is 2.01. The number of anilines is 1. The zero-order valence-corrected chi connectivity index (χ0v) is 15.6. The predicted molar refractivity (Wildman–Crippen MR) is 101 cm³/mol. The number of aromatic nitrogens is 4.